The van der Waals surface area contributed by atoms with E-state index < -0.39 is 0 Å². The maximum absolute atomic E-state index is 12.2. The maximum atomic E-state index is 12.2. The number of aryl methyl sites for hydroxylation is 1. The number of nitrogens with zero attached hydrogens (tertiary/aromatic N) is 1. The van der Waals surface area contributed by atoms with Crippen molar-refractivity contribution < 1.29 is 9.53 Å². The van der Waals surface area contributed by atoms with Gasteiger partial charge in [-0.25, -0.2) is 4.98 Å². The van der Waals surface area contributed by atoms with Crippen molar-refractivity contribution in [1.29, 1.82) is 0 Å². The summed E-state index contributed by atoms with van der Waals surface area (Å²) in [5, 5.41) is 5.61. The molecule has 0 aliphatic carbocycles. The minimum atomic E-state index is -0.0744. The van der Waals surface area contributed by atoms with Crippen molar-refractivity contribution in [2.75, 3.05) is 5.32 Å². The second-order valence-electron chi connectivity index (χ2n) is 5.61. The second-order valence-corrected chi connectivity index (χ2v) is 8.26. The largest absolute Gasteiger partial charge is 0.485 e. The number of hydrogen-bond acceptors (Lipinski definition) is 4. The summed E-state index contributed by atoms with van der Waals surface area (Å²) in [5.41, 5.74) is 2.67. The van der Waals surface area contributed by atoms with E-state index in [1.165, 1.54) is 11.3 Å². The van der Waals surface area contributed by atoms with Gasteiger partial charge in [-0.15, -0.1) is 11.3 Å². The Labute approximate surface area is 172 Å². The Hall–Kier alpha value is -1.70. The van der Waals surface area contributed by atoms with Crippen molar-refractivity contribution in [2.24, 2.45) is 0 Å². The fourth-order valence-corrected chi connectivity index (χ4v) is 4.31. The van der Waals surface area contributed by atoms with E-state index in [1.54, 1.807) is 0 Å². The average Bonchev–Trinajstić information content (AvgIpc) is 3.04. The SMILES string of the molecule is Cc1ccccc1NC(=O)Cc1nc(COc2c(Br)cccc2Br)cs1. The molecule has 0 bridgehead atoms. The van der Waals surface area contributed by atoms with Gasteiger partial charge in [0.25, 0.3) is 0 Å². The number of anilines is 1. The number of para-hydroxylation sites is 2. The smallest absolute Gasteiger partial charge is 0.231 e. The Morgan fingerprint density at radius 2 is 1.88 bits per heavy atom. The lowest BCUT2D eigenvalue weighted by Gasteiger charge is -2.08. The molecule has 1 heterocycles. The molecule has 0 saturated carbocycles. The molecule has 3 aromatic rings. The fourth-order valence-electron chi connectivity index (χ4n) is 2.31. The molecule has 1 amide bonds. The number of ether oxygens (including phenoxy) is 1. The zero-order valence-electron chi connectivity index (χ0n) is 14.0. The summed E-state index contributed by atoms with van der Waals surface area (Å²) in [6.07, 6.45) is 0.248. The lowest BCUT2D eigenvalue weighted by molar-refractivity contribution is -0.115. The van der Waals surface area contributed by atoms with E-state index in [9.17, 15) is 4.79 Å². The molecule has 2 aromatic carbocycles. The molecule has 0 aliphatic heterocycles. The molecule has 0 atom stereocenters. The van der Waals surface area contributed by atoms with Crippen molar-refractivity contribution in [1.82, 2.24) is 4.98 Å². The van der Waals surface area contributed by atoms with Crippen molar-refractivity contribution >= 4 is 54.8 Å². The van der Waals surface area contributed by atoms with Crippen molar-refractivity contribution in [3.8, 4) is 5.75 Å². The zero-order chi connectivity index (χ0) is 18.5. The molecule has 134 valence electrons. The molecule has 0 radical (unpaired) electrons. The van der Waals surface area contributed by atoms with Gasteiger partial charge >= 0.3 is 0 Å². The van der Waals surface area contributed by atoms with Crippen LogP contribution in [-0.2, 0) is 17.8 Å². The number of halogens is 2. The first-order valence-corrected chi connectivity index (χ1v) is 10.3. The summed E-state index contributed by atoms with van der Waals surface area (Å²) in [6.45, 7) is 2.31. The van der Waals surface area contributed by atoms with Crippen LogP contribution in [0.25, 0.3) is 0 Å². The quantitative estimate of drug-likeness (QED) is 0.474. The highest BCUT2D eigenvalue weighted by molar-refractivity contribution is 9.11. The number of carbonyl (C=O) groups excluding carboxylic acids is 1. The second kappa shape index (κ2) is 8.79. The molecular weight excluding hydrogens is 480 g/mol. The topological polar surface area (TPSA) is 51.2 Å². The third-order valence-corrected chi connectivity index (χ3v) is 5.76. The Bertz CT molecular complexity index is 907. The Balaban J connectivity index is 1.58. The lowest BCUT2D eigenvalue weighted by Crippen LogP contribution is -2.15. The van der Waals surface area contributed by atoms with Gasteiger partial charge in [-0.05, 0) is 62.5 Å². The minimum absolute atomic E-state index is 0.0744. The number of benzene rings is 2. The molecule has 26 heavy (non-hydrogen) atoms. The van der Waals surface area contributed by atoms with E-state index >= 15 is 0 Å². The van der Waals surface area contributed by atoms with Gasteiger partial charge in [0.1, 0.15) is 17.4 Å². The number of carbonyl (C=O) groups is 1. The number of nitrogens with one attached hydrogen (secondary N) is 1. The molecule has 0 aliphatic rings. The summed E-state index contributed by atoms with van der Waals surface area (Å²) in [7, 11) is 0. The van der Waals surface area contributed by atoms with Crippen molar-refractivity contribution in [3.63, 3.8) is 0 Å². The minimum Gasteiger partial charge on any atom is -0.485 e. The number of rotatable bonds is 6. The van der Waals surface area contributed by atoms with Gasteiger partial charge in [-0.3, -0.25) is 4.79 Å². The molecule has 7 heteroatoms. The zero-order valence-corrected chi connectivity index (χ0v) is 17.9. The molecular formula is C19H16Br2N2O2S. The van der Waals surface area contributed by atoms with Gasteiger partial charge in [-0.1, -0.05) is 24.3 Å². The molecule has 1 N–H and O–H groups in total. The number of amides is 1. The van der Waals surface area contributed by atoms with Crippen LogP contribution in [0.15, 0.2) is 56.8 Å². The number of aromatic nitrogens is 1. The first kappa shape index (κ1) is 19.1. The highest BCUT2D eigenvalue weighted by Gasteiger charge is 2.11. The summed E-state index contributed by atoms with van der Waals surface area (Å²) in [5.74, 6) is 0.661. The first-order chi connectivity index (χ1) is 12.5. The molecule has 0 spiro atoms. The monoisotopic (exact) mass is 494 g/mol. The third kappa shape index (κ3) is 4.93. The molecule has 4 nitrogen and oxygen atoms in total. The highest BCUT2D eigenvalue weighted by atomic mass is 79.9. The van der Waals surface area contributed by atoms with Gasteiger partial charge < -0.3 is 10.1 Å². The van der Waals surface area contributed by atoms with Crippen LogP contribution in [0.4, 0.5) is 5.69 Å². The van der Waals surface area contributed by atoms with Crippen LogP contribution in [0, 0.1) is 6.92 Å². The Kier molecular flexibility index (Phi) is 6.45. The standard InChI is InChI=1S/C19H16Br2N2O2S/c1-12-5-2-3-8-16(12)23-17(24)9-18-22-13(11-26-18)10-25-19-14(20)6-4-7-15(19)21/h2-8,11H,9-10H2,1H3,(H,23,24). The van der Waals surface area contributed by atoms with E-state index in [4.69, 9.17) is 4.74 Å². The molecule has 0 unspecified atom stereocenters. The van der Waals surface area contributed by atoms with E-state index in [1.807, 2.05) is 54.8 Å². The van der Waals surface area contributed by atoms with Crippen LogP contribution in [0.1, 0.15) is 16.3 Å². The molecule has 0 saturated heterocycles. The predicted octanol–water partition coefficient (Wildman–Crippen LogP) is 5.74. The third-order valence-electron chi connectivity index (χ3n) is 3.61. The summed E-state index contributed by atoms with van der Waals surface area (Å²) >= 11 is 8.40. The van der Waals surface area contributed by atoms with Crippen LogP contribution in [0.5, 0.6) is 5.75 Å². The van der Waals surface area contributed by atoms with Crippen LogP contribution in [0.2, 0.25) is 0 Å². The van der Waals surface area contributed by atoms with Gasteiger partial charge in [-0.2, -0.15) is 0 Å². The first-order valence-electron chi connectivity index (χ1n) is 7.88. The van der Waals surface area contributed by atoms with Crippen LogP contribution in [0.3, 0.4) is 0 Å². The van der Waals surface area contributed by atoms with Gasteiger partial charge in [0.15, 0.2) is 0 Å². The van der Waals surface area contributed by atoms with Gasteiger partial charge in [0.2, 0.25) is 5.91 Å². The summed E-state index contributed by atoms with van der Waals surface area (Å²) in [6, 6.07) is 13.5. The van der Waals surface area contributed by atoms with Crippen LogP contribution < -0.4 is 10.1 Å². The van der Waals surface area contributed by atoms with Gasteiger partial charge in [0.05, 0.1) is 21.1 Å². The van der Waals surface area contributed by atoms with E-state index in [0.717, 1.165) is 36.6 Å². The van der Waals surface area contributed by atoms with E-state index in [2.05, 4.69) is 42.2 Å². The average molecular weight is 496 g/mol. The highest BCUT2D eigenvalue weighted by Crippen LogP contribution is 2.33. The Morgan fingerprint density at radius 3 is 2.62 bits per heavy atom. The normalized spacial score (nSPS) is 10.6. The molecule has 3 rings (SSSR count). The van der Waals surface area contributed by atoms with Crippen LogP contribution >= 0.6 is 43.2 Å². The summed E-state index contributed by atoms with van der Waals surface area (Å²) < 4.78 is 7.58. The van der Waals surface area contributed by atoms with E-state index in [-0.39, 0.29) is 12.3 Å². The Morgan fingerprint density at radius 1 is 1.15 bits per heavy atom. The van der Waals surface area contributed by atoms with Gasteiger partial charge in [0, 0.05) is 11.1 Å². The predicted molar refractivity (Wildman–Crippen MR) is 112 cm³/mol. The van der Waals surface area contributed by atoms with Crippen molar-refractivity contribution in [3.05, 3.63) is 73.1 Å². The fraction of sp³-hybridized carbons (Fsp3) is 0.158. The molecule has 1 aromatic heterocycles. The van der Waals surface area contributed by atoms with E-state index in [0.29, 0.717) is 6.61 Å². The van der Waals surface area contributed by atoms with Crippen LogP contribution in [-0.4, -0.2) is 10.9 Å². The molecule has 0 fully saturated rings. The number of hydrogen-bond donors (Lipinski definition) is 1. The van der Waals surface area contributed by atoms with Crippen molar-refractivity contribution in [2.45, 2.75) is 20.0 Å². The maximum Gasteiger partial charge on any atom is 0.231 e. The summed E-state index contributed by atoms with van der Waals surface area (Å²) in [4.78, 5) is 16.7. The lowest BCUT2D eigenvalue weighted by atomic mass is 10.2. The number of thiazole rings is 1.